The van der Waals surface area contributed by atoms with Crippen LogP contribution in [0.25, 0.3) is 0 Å². The van der Waals surface area contributed by atoms with Crippen LogP contribution in [0.3, 0.4) is 0 Å². The van der Waals surface area contributed by atoms with E-state index in [0.717, 1.165) is 41.4 Å². The number of carbonyl (C=O) groups excluding carboxylic acids is 1. The third-order valence-corrected chi connectivity index (χ3v) is 10.0. The zero-order chi connectivity index (χ0) is 31.6. The Morgan fingerprint density at radius 3 is 2.53 bits per heavy atom. The average Bonchev–Trinajstić information content (AvgIpc) is 3.32. The number of carbonyl (C=O) groups is 1. The normalized spacial score (nSPS) is 29.6. The lowest BCUT2D eigenvalue weighted by Crippen LogP contribution is -2.59. The number of allylic oxidation sites excluding steroid dienone is 8. The number of rotatable bonds is 14. The molecule has 0 amide bonds. The van der Waals surface area contributed by atoms with Gasteiger partial charge in [-0.3, -0.25) is 4.79 Å². The maximum absolute atomic E-state index is 12.3. The van der Waals surface area contributed by atoms with E-state index < -0.39 is 23.2 Å². The highest BCUT2D eigenvalue weighted by Crippen LogP contribution is 2.63. The van der Waals surface area contributed by atoms with E-state index in [4.69, 9.17) is 0 Å². The Kier molecular flexibility index (Phi) is 12.9. The predicted octanol–water partition coefficient (Wildman–Crippen LogP) is 6.97. The molecule has 2 aliphatic carbocycles. The molecule has 0 aliphatic heterocycles. The molecule has 0 bridgehead atoms. The third-order valence-electron chi connectivity index (χ3n) is 10.0. The summed E-state index contributed by atoms with van der Waals surface area (Å²) in [5.41, 5.74) is 3.78. The van der Waals surface area contributed by atoms with Crippen molar-refractivity contribution in [1.29, 1.82) is 0 Å². The second-order valence-corrected chi connectivity index (χ2v) is 13.2. The fraction of sp³-hybridized carbons (Fsp3) is 0.553. The van der Waals surface area contributed by atoms with Crippen LogP contribution in [0, 0.1) is 17.3 Å². The molecule has 2 saturated carbocycles. The van der Waals surface area contributed by atoms with E-state index in [1.165, 1.54) is 5.57 Å². The zero-order valence-corrected chi connectivity index (χ0v) is 26.8. The molecule has 236 valence electrons. The molecule has 0 radical (unpaired) electrons. The maximum atomic E-state index is 12.3. The monoisotopic (exact) mass is 590 g/mol. The van der Waals surface area contributed by atoms with Crippen LogP contribution in [0.15, 0.2) is 89.1 Å². The van der Waals surface area contributed by atoms with Crippen molar-refractivity contribution in [2.45, 2.75) is 110 Å². The molecule has 2 aliphatic rings. The molecule has 1 aromatic rings. The van der Waals surface area contributed by atoms with Crippen molar-refractivity contribution in [2.75, 3.05) is 6.61 Å². The lowest BCUT2D eigenvalue weighted by Gasteiger charge is -2.55. The first-order valence-electron chi connectivity index (χ1n) is 16.1. The Morgan fingerprint density at radius 2 is 1.88 bits per heavy atom. The summed E-state index contributed by atoms with van der Waals surface area (Å²) in [5, 5.41) is 45.6. The third kappa shape index (κ3) is 8.33. The number of aryl methyl sites for hydroxylation is 1. The van der Waals surface area contributed by atoms with Crippen molar-refractivity contribution >= 4 is 6.29 Å². The summed E-state index contributed by atoms with van der Waals surface area (Å²) in [6, 6.07) is 10.1. The van der Waals surface area contributed by atoms with Gasteiger partial charge >= 0.3 is 0 Å². The van der Waals surface area contributed by atoms with Gasteiger partial charge in [-0.25, -0.2) is 0 Å². The molecule has 6 atom stereocenters. The number of aliphatic hydroxyl groups excluding tert-OH is 3. The van der Waals surface area contributed by atoms with Gasteiger partial charge in [0.2, 0.25) is 0 Å². The molecule has 1 spiro atoms. The Bertz CT molecular complexity index is 1200. The van der Waals surface area contributed by atoms with E-state index in [9.17, 15) is 25.2 Å². The molecule has 0 aromatic heterocycles. The van der Waals surface area contributed by atoms with E-state index in [1.54, 1.807) is 0 Å². The fourth-order valence-corrected chi connectivity index (χ4v) is 7.64. The Hall–Kier alpha value is -2.57. The first-order chi connectivity index (χ1) is 20.5. The van der Waals surface area contributed by atoms with Crippen LogP contribution in [0.2, 0.25) is 0 Å². The highest BCUT2D eigenvalue weighted by molar-refractivity contribution is 5.74. The number of hydrogen-bond acceptors (Lipinski definition) is 5. The lowest BCUT2D eigenvalue weighted by molar-refractivity contribution is -0.168. The van der Waals surface area contributed by atoms with Crippen LogP contribution in [0.4, 0.5) is 0 Å². The Labute approximate surface area is 259 Å². The van der Waals surface area contributed by atoms with Gasteiger partial charge in [0, 0.05) is 17.9 Å². The smallest absolute Gasteiger partial charge is 0.145 e. The van der Waals surface area contributed by atoms with Gasteiger partial charge in [0.25, 0.3) is 0 Å². The van der Waals surface area contributed by atoms with E-state index >= 15 is 0 Å². The van der Waals surface area contributed by atoms with Crippen molar-refractivity contribution in [1.82, 2.24) is 0 Å². The van der Waals surface area contributed by atoms with Gasteiger partial charge in [-0.2, -0.15) is 0 Å². The number of hydrogen-bond donors (Lipinski definition) is 4. The molecular formula is C38H54O5. The van der Waals surface area contributed by atoms with Gasteiger partial charge in [0.15, 0.2) is 0 Å². The molecular weight excluding hydrogens is 536 g/mol. The molecule has 4 N–H and O–H groups in total. The number of aldehydes is 1. The van der Waals surface area contributed by atoms with Crippen LogP contribution in [0.1, 0.15) is 91.0 Å². The van der Waals surface area contributed by atoms with Crippen molar-refractivity contribution < 1.29 is 25.2 Å². The molecule has 1 aromatic carbocycles. The highest BCUT2D eigenvalue weighted by atomic mass is 16.3. The van der Waals surface area contributed by atoms with Crippen molar-refractivity contribution in [3.05, 3.63) is 94.6 Å². The van der Waals surface area contributed by atoms with E-state index in [0.29, 0.717) is 56.9 Å². The largest absolute Gasteiger partial charge is 0.396 e. The van der Waals surface area contributed by atoms with Crippen LogP contribution < -0.4 is 0 Å². The van der Waals surface area contributed by atoms with Gasteiger partial charge in [0.1, 0.15) is 6.29 Å². The van der Waals surface area contributed by atoms with Crippen molar-refractivity contribution in [2.24, 2.45) is 17.3 Å². The molecule has 5 heteroatoms. The van der Waals surface area contributed by atoms with E-state index in [2.05, 4.69) is 38.6 Å². The Morgan fingerprint density at radius 1 is 1.16 bits per heavy atom. The highest BCUT2D eigenvalue weighted by Gasteiger charge is 2.64. The lowest BCUT2D eigenvalue weighted by atomic mass is 9.52. The minimum atomic E-state index is -1.16. The molecule has 2 fully saturated rings. The zero-order valence-electron chi connectivity index (χ0n) is 26.8. The number of aliphatic hydroxyl groups is 4. The summed E-state index contributed by atoms with van der Waals surface area (Å²) in [6.45, 7) is 12.0. The summed E-state index contributed by atoms with van der Waals surface area (Å²) in [5.74, 6) is -0.588. The minimum absolute atomic E-state index is 0.00726. The summed E-state index contributed by atoms with van der Waals surface area (Å²) in [4.78, 5) is 11.9. The molecule has 5 nitrogen and oxygen atoms in total. The second-order valence-electron chi connectivity index (χ2n) is 13.2. The van der Waals surface area contributed by atoms with Gasteiger partial charge in [-0.1, -0.05) is 77.9 Å². The van der Waals surface area contributed by atoms with Crippen LogP contribution in [-0.4, -0.2) is 51.1 Å². The average molecular weight is 591 g/mol. The Balaban J connectivity index is 1.98. The SMILES string of the molecule is C=C(/C=C/C=C(/[C@H](O)CCc1ccccc1)[C@@H]1CC[C@]2([C@@H]1O)[C@@H](CCCO)/C(=C(/C)C=O)CC[C@@]2(C)O)CCC=C(C)C. The molecule has 0 heterocycles. The summed E-state index contributed by atoms with van der Waals surface area (Å²) < 4.78 is 0. The van der Waals surface area contributed by atoms with Crippen molar-refractivity contribution in [3.8, 4) is 0 Å². The second kappa shape index (κ2) is 15.9. The maximum Gasteiger partial charge on any atom is 0.145 e. The summed E-state index contributed by atoms with van der Waals surface area (Å²) in [6.07, 6.45) is 13.6. The molecule has 43 heavy (non-hydrogen) atoms. The minimum Gasteiger partial charge on any atom is -0.396 e. The van der Waals surface area contributed by atoms with Gasteiger partial charge in [-0.15, -0.1) is 0 Å². The quantitative estimate of drug-likeness (QED) is 0.0812. The molecule has 3 rings (SSSR count). The molecule has 0 saturated heterocycles. The van der Waals surface area contributed by atoms with Crippen molar-refractivity contribution in [3.63, 3.8) is 0 Å². The first-order valence-corrected chi connectivity index (χ1v) is 16.1. The van der Waals surface area contributed by atoms with E-state index in [1.807, 2.05) is 50.3 Å². The first kappa shape index (κ1) is 34.9. The fourth-order valence-electron chi connectivity index (χ4n) is 7.64. The standard InChI is InChI=1S/C38H54O5/c1-27(2)12-9-13-28(3)14-10-17-32(35(41)20-19-30-15-7-6-8-16-30)33-22-24-38(36(33)42)34(18-11-25-39)31(29(4)26-40)21-23-37(38,5)43/h6-8,10,12,14-17,26,33-36,39,41-43H,3,9,11,13,18-25H2,1-2,4-5H3/b14-10+,31-29-,32-17+/t33-,34-,35+,36+,37+,38+/m0/s1. The van der Waals surface area contributed by atoms with E-state index in [-0.39, 0.29) is 18.4 Å². The van der Waals surface area contributed by atoms with Crippen LogP contribution in [-0.2, 0) is 11.2 Å². The predicted molar refractivity (Wildman–Crippen MR) is 175 cm³/mol. The number of benzene rings is 1. The van der Waals surface area contributed by atoms with Gasteiger partial charge < -0.3 is 20.4 Å². The van der Waals surface area contributed by atoms with Gasteiger partial charge in [-0.05, 0) is 115 Å². The summed E-state index contributed by atoms with van der Waals surface area (Å²) in [7, 11) is 0. The topological polar surface area (TPSA) is 98.0 Å². The van der Waals surface area contributed by atoms with Gasteiger partial charge in [0.05, 0.1) is 17.8 Å². The van der Waals surface area contributed by atoms with Crippen LogP contribution in [0.5, 0.6) is 0 Å². The molecule has 0 unspecified atom stereocenters. The summed E-state index contributed by atoms with van der Waals surface area (Å²) >= 11 is 0. The van der Waals surface area contributed by atoms with Crippen LogP contribution >= 0.6 is 0 Å².